The van der Waals surface area contributed by atoms with Crippen LogP contribution in [-0.4, -0.2) is 32.4 Å². The fourth-order valence-electron chi connectivity index (χ4n) is 3.26. The van der Waals surface area contributed by atoms with Gasteiger partial charge in [-0.3, -0.25) is 4.40 Å². The lowest BCUT2D eigenvalue weighted by Crippen LogP contribution is -2.12. The molecule has 98 valence electrons. The number of hydrogen-bond donors (Lipinski definition) is 2. The van der Waals surface area contributed by atoms with Crippen molar-refractivity contribution in [3.63, 3.8) is 0 Å². The Morgan fingerprint density at radius 3 is 3.16 bits per heavy atom. The molecule has 0 saturated carbocycles. The summed E-state index contributed by atoms with van der Waals surface area (Å²) in [6.45, 7) is 4.41. The molecular formula is C14H17N5. The Kier molecular flexibility index (Phi) is 2.35. The molecular weight excluding hydrogens is 238 g/mol. The van der Waals surface area contributed by atoms with Crippen LogP contribution in [0.4, 0.5) is 0 Å². The zero-order chi connectivity index (χ0) is 12.8. The number of fused-ring (bicyclic) bond motifs is 3. The van der Waals surface area contributed by atoms with Gasteiger partial charge < -0.3 is 10.3 Å². The van der Waals surface area contributed by atoms with E-state index in [-0.39, 0.29) is 0 Å². The van der Waals surface area contributed by atoms with E-state index in [2.05, 4.69) is 37.7 Å². The highest BCUT2D eigenvalue weighted by molar-refractivity contribution is 5.74. The fraction of sp³-hybridized carbons (Fsp3) is 0.429. The van der Waals surface area contributed by atoms with Gasteiger partial charge in [0.25, 0.3) is 0 Å². The van der Waals surface area contributed by atoms with Crippen LogP contribution in [0, 0.1) is 5.92 Å². The van der Waals surface area contributed by atoms with Gasteiger partial charge in [0.15, 0.2) is 11.3 Å². The van der Waals surface area contributed by atoms with Crippen LogP contribution in [0.25, 0.3) is 16.8 Å². The van der Waals surface area contributed by atoms with Crippen LogP contribution in [0.3, 0.4) is 0 Å². The lowest BCUT2D eigenvalue weighted by molar-refractivity contribution is 0.493. The van der Waals surface area contributed by atoms with E-state index >= 15 is 0 Å². The normalized spacial score (nSPS) is 23.6. The Morgan fingerprint density at radius 1 is 1.32 bits per heavy atom. The second kappa shape index (κ2) is 4.06. The second-order valence-electron chi connectivity index (χ2n) is 5.28. The third-order valence-electron chi connectivity index (χ3n) is 4.31. The SMILES string of the molecule is CCC1CNCC1c1cnc2cnc3[nH]ccc3n12. The highest BCUT2D eigenvalue weighted by atomic mass is 15.1. The quantitative estimate of drug-likeness (QED) is 0.735. The van der Waals surface area contributed by atoms with E-state index < -0.39 is 0 Å². The first-order chi connectivity index (χ1) is 9.38. The third kappa shape index (κ3) is 1.51. The Labute approximate surface area is 111 Å². The van der Waals surface area contributed by atoms with Gasteiger partial charge in [0.05, 0.1) is 11.7 Å². The topological polar surface area (TPSA) is 58.0 Å². The van der Waals surface area contributed by atoms with Crippen LogP contribution >= 0.6 is 0 Å². The molecule has 1 aliphatic rings. The summed E-state index contributed by atoms with van der Waals surface area (Å²) in [4.78, 5) is 12.1. The molecule has 1 saturated heterocycles. The number of H-pyrrole nitrogens is 1. The molecule has 0 amide bonds. The first kappa shape index (κ1) is 11.0. The number of nitrogens with one attached hydrogen (secondary N) is 2. The van der Waals surface area contributed by atoms with Gasteiger partial charge in [-0.25, -0.2) is 9.97 Å². The number of aromatic nitrogens is 4. The number of nitrogens with zero attached hydrogens (tertiary/aromatic N) is 3. The van der Waals surface area contributed by atoms with Crippen molar-refractivity contribution in [1.82, 2.24) is 24.7 Å². The molecule has 2 atom stereocenters. The van der Waals surface area contributed by atoms with E-state index in [0.29, 0.717) is 11.8 Å². The Bertz CT molecular complexity index is 726. The van der Waals surface area contributed by atoms with E-state index in [1.165, 1.54) is 12.1 Å². The van der Waals surface area contributed by atoms with Crippen LogP contribution in [0.2, 0.25) is 0 Å². The summed E-state index contributed by atoms with van der Waals surface area (Å²) in [5.74, 6) is 1.24. The van der Waals surface area contributed by atoms with Crippen molar-refractivity contribution in [2.45, 2.75) is 19.3 Å². The van der Waals surface area contributed by atoms with Crippen molar-refractivity contribution in [3.8, 4) is 0 Å². The molecule has 5 heteroatoms. The zero-order valence-corrected chi connectivity index (χ0v) is 10.9. The smallest absolute Gasteiger partial charge is 0.156 e. The number of imidazole rings is 1. The monoisotopic (exact) mass is 255 g/mol. The van der Waals surface area contributed by atoms with Crippen molar-refractivity contribution in [3.05, 3.63) is 30.4 Å². The molecule has 3 aromatic rings. The molecule has 0 radical (unpaired) electrons. The maximum atomic E-state index is 4.52. The summed E-state index contributed by atoms with van der Waals surface area (Å²) in [6.07, 6.45) is 6.99. The van der Waals surface area contributed by atoms with Gasteiger partial charge in [0.2, 0.25) is 0 Å². The molecule has 4 heterocycles. The predicted molar refractivity (Wildman–Crippen MR) is 74.2 cm³/mol. The van der Waals surface area contributed by atoms with Crippen molar-refractivity contribution in [2.24, 2.45) is 5.92 Å². The van der Waals surface area contributed by atoms with Gasteiger partial charge in [0, 0.05) is 30.6 Å². The van der Waals surface area contributed by atoms with Crippen molar-refractivity contribution in [1.29, 1.82) is 0 Å². The Hall–Kier alpha value is -1.88. The molecule has 1 aliphatic heterocycles. The lowest BCUT2D eigenvalue weighted by Gasteiger charge is -2.16. The van der Waals surface area contributed by atoms with Crippen molar-refractivity contribution >= 4 is 16.8 Å². The van der Waals surface area contributed by atoms with E-state index in [0.717, 1.165) is 29.9 Å². The van der Waals surface area contributed by atoms with Gasteiger partial charge in [-0.1, -0.05) is 13.3 Å². The number of aromatic amines is 1. The Morgan fingerprint density at radius 2 is 2.26 bits per heavy atom. The molecule has 0 aromatic carbocycles. The summed E-state index contributed by atoms with van der Waals surface area (Å²) in [5.41, 5.74) is 4.28. The van der Waals surface area contributed by atoms with Crippen LogP contribution in [0.1, 0.15) is 25.0 Å². The van der Waals surface area contributed by atoms with Gasteiger partial charge in [0.1, 0.15) is 0 Å². The van der Waals surface area contributed by atoms with Gasteiger partial charge in [-0.05, 0) is 18.5 Å². The van der Waals surface area contributed by atoms with E-state index in [4.69, 9.17) is 0 Å². The molecule has 5 nitrogen and oxygen atoms in total. The number of hydrogen-bond acceptors (Lipinski definition) is 3. The molecule has 2 N–H and O–H groups in total. The van der Waals surface area contributed by atoms with E-state index in [1.807, 2.05) is 18.6 Å². The average Bonchev–Trinajstić information content (AvgIpc) is 3.15. The molecule has 0 bridgehead atoms. The van der Waals surface area contributed by atoms with Gasteiger partial charge in [-0.15, -0.1) is 0 Å². The summed E-state index contributed by atoms with van der Waals surface area (Å²) >= 11 is 0. The second-order valence-corrected chi connectivity index (χ2v) is 5.28. The molecule has 19 heavy (non-hydrogen) atoms. The summed E-state index contributed by atoms with van der Waals surface area (Å²) in [7, 11) is 0. The molecule has 3 aromatic heterocycles. The fourth-order valence-corrected chi connectivity index (χ4v) is 3.26. The summed E-state index contributed by atoms with van der Waals surface area (Å²) in [5, 5.41) is 3.50. The first-order valence-corrected chi connectivity index (χ1v) is 6.88. The van der Waals surface area contributed by atoms with Crippen LogP contribution < -0.4 is 5.32 Å². The largest absolute Gasteiger partial charge is 0.345 e. The standard InChI is InChI=1S/C14H17N5/c1-2-9-5-15-6-10(9)12-7-17-13-8-18-14-11(19(12)13)3-4-16-14/h3-4,7-10,15-16H,2,5-6H2,1H3. The minimum Gasteiger partial charge on any atom is -0.345 e. The molecule has 0 aliphatic carbocycles. The molecule has 4 rings (SSSR count). The number of rotatable bonds is 2. The predicted octanol–water partition coefficient (Wildman–Crippen LogP) is 1.92. The maximum Gasteiger partial charge on any atom is 0.156 e. The summed E-state index contributed by atoms with van der Waals surface area (Å²) in [6, 6.07) is 2.07. The van der Waals surface area contributed by atoms with Gasteiger partial charge >= 0.3 is 0 Å². The highest BCUT2D eigenvalue weighted by Crippen LogP contribution is 2.31. The highest BCUT2D eigenvalue weighted by Gasteiger charge is 2.29. The lowest BCUT2D eigenvalue weighted by atomic mass is 9.91. The van der Waals surface area contributed by atoms with Gasteiger partial charge in [-0.2, -0.15) is 0 Å². The zero-order valence-electron chi connectivity index (χ0n) is 10.9. The average molecular weight is 255 g/mol. The minimum atomic E-state index is 0.542. The van der Waals surface area contributed by atoms with Crippen LogP contribution in [0.5, 0.6) is 0 Å². The summed E-state index contributed by atoms with van der Waals surface area (Å²) < 4.78 is 2.25. The van der Waals surface area contributed by atoms with E-state index in [9.17, 15) is 0 Å². The van der Waals surface area contributed by atoms with Crippen LogP contribution in [-0.2, 0) is 0 Å². The van der Waals surface area contributed by atoms with Crippen molar-refractivity contribution in [2.75, 3.05) is 13.1 Å². The maximum absolute atomic E-state index is 4.52. The van der Waals surface area contributed by atoms with E-state index in [1.54, 1.807) is 0 Å². The Balaban J connectivity index is 1.96. The van der Waals surface area contributed by atoms with Crippen LogP contribution in [0.15, 0.2) is 24.7 Å². The first-order valence-electron chi connectivity index (χ1n) is 6.88. The molecule has 2 unspecified atom stereocenters. The molecule has 1 fully saturated rings. The third-order valence-corrected chi connectivity index (χ3v) is 4.31. The van der Waals surface area contributed by atoms with Crippen molar-refractivity contribution < 1.29 is 0 Å². The molecule has 0 spiro atoms. The minimum absolute atomic E-state index is 0.542.